The number of rotatable bonds is 5. The van der Waals surface area contributed by atoms with Gasteiger partial charge in [0.1, 0.15) is 26.6 Å². The molecule has 1 N–H and O–H groups in total. The molecule has 2 aromatic rings. The van der Waals surface area contributed by atoms with Gasteiger partial charge in [-0.05, 0) is 31.0 Å². The minimum Gasteiger partial charge on any atom is -0.340 e. The summed E-state index contributed by atoms with van der Waals surface area (Å²) in [7, 11) is -2.94. The Morgan fingerprint density at radius 3 is 2.43 bits per heavy atom. The number of nitrogens with zero attached hydrogens (tertiary/aromatic N) is 2. The third kappa shape index (κ3) is 5.32. The third-order valence-corrected chi connectivity index (χ3v) is 3.93. The van der Waals surface area contributed by atoms with E-state index in [1.807, 2.05) is 24.3 Å². The van der Waals surface area contributed by atoms with E-state index in [-0.39, 0.29) is 5.75 Å². The number of hydrogen-bond donors (Lipinski definition) is 1. The molecular weight excluding hydrogens is 310 g/mol. The van der Waals surface area contributed by atoms with Crippen molar-refractivity contribution in [3.63, 3.8) is 0 Å². The molecule has 0 fully saturated rings. The molecule has 0 saturated carbocycles. The molecule has 7 heteroatoms. The van der Waals surface area contributed by atoms with Crippen LogP contribution in [-0.2, 0) is 16.3 Å². The van der Waals surface area contributed by atoms with E-state index in [1.165, 1.54) is 6.26 Å². The fourth-order valence-corrected chi connectivity index (χ4v) is 2.63. The molecule has 0 aliphatic carbocycles. The van der Waals surface area contributed by atoms with E-state index >= 15 is 0 Å². The average molecular weight is 326 g/mol. The van der Waals surface area contributed by atoms with Crippen LogP contribution in [0, 0.1) is 6.92 Å². The van der Waals surface area contributed by atoms with Crippen LogP contribution in [0.1, 0.15) is 11.4 Å². The van der Waals surface area contributed by atoms with Gasteiger partial charge in [-0.2, -0.15) is 0 Å². The Balaban J connectivity index is 2.05. The number of benzene rings is 1. The molecular formula is C14H16ClN3O2S. The van der Waals surface area contributed by atoms with Crippen LogP contribution in [0.4, 0.5) is 11.5 Å². The van der Waals surface area contributed by atoms with Crippen molar-refractivity contribution in [1.29, 1.82) is 0 Å². The van der Waals surface area contributed by atoms with Gasteiger partial charge in [0.05, 0.1) is 5.75 Å². The average Bonchev–Trinajstić information content (AvgIpc) is 2.36. The number of aryl methyl sites for hydroxylation is 2. The first-order chi connectivity index (χ1) is 9.82. The predicted molar refractivity (Wildman–Crippen MR) is 84.9 cm³/mol. The summed E-state index contributed by atoms with van der Waals surface area (Å²) in [5.74, 6) is 1.37. The van der Waals surface area contributed by atoms with Gasteiger partial charge in [-0.1, -0.05) is 23.7 Å². The van der Waals surface area contributed by atoms with Crippen molar-refractivity contribution in [3.05, 3.63) is 46.9 Å². The lowest BCUT2D eigenvalue weighted by Crippen LogP contribution is -2.05. The molecule has 5 nitrogen and oxygen atoms in total. The first kappa shape index (κ1) is 15.7. The zero-order valence-electron chi connectivity index (χ0n) is 11.8. The standard InChI is InChI=1S/C14H16ClN3O2S/c1-10-16-13(15)9-14(17-10)18-12-5-3-11(4-6-12)7-8-21(2,19)20/h3-6,9H,7-8H2,1-2H3,(H,16,17,18). The summed E-state index contributed by atoms with van der Waals surface area (Å²) in [6.07, 6.45) is 1.75. The van der Waals surface area contributed by atoms with E-state index in [0.717, 1.165) is 11.3 Å². The van der Waals surface area contributed by atoms with Crippen LogP contribution in [0.5, 0.6) is 0 Å². The second kappa shape index (κ2) is 6.41. The van der Waals surface area contributed by atoms with Crippen LogP contribution in [0.15, 0.2) is 30.3 Å². The highest BCUT2D eigenvalue weighted by Crippen LogP contribution is 2.18. The highest BCUT2D eigenvalue weighted by Gasteiger charge is 2.04. The van der Waals surface area contributed by atoms with Gasteiger partial charge in [0.15, 0.2) is 0 Å². The van der Waals surface area contributed by atoms with Gasteiger partial charge in [-0.3, -0.25) is 0 Å². The molecule has 0 aliphatic rings. The molecule has 0 amide bonds. The Labute approximate surface area is 129 Å². The summed E-state index contributed by atoms with van der Waals surface area (Å²) < 4.78 is 22.3. The summed E-state index contributed by atoms with van der Waals surface area (Å²) in [6, 6.07) is 9.18. The number of hydrogen-bond acceptors (Lipinski definition) is 5. The molecule has 0 radical (unpaired) electrons. The van der Waals surface area contributed by atoms with Gasteiger partial charge < -0.3 is 5.32 Å². The number of sulfone groups is 1. The van der Waals surface area contributed by atoms with Crippen LogP contribution in [0.25, 0.3) is 0 Å². The Morgan fingerprint density at radius 2 is 1.86 bits per heavy atom. The van der Waals surface area contributed by atoms with Gasteiger partial charge in [0.25, 0.3) is 0 Å². The summed E-state index contributed by atoms with van der Waals surface area (Å²) in [6.45, 7) is 1.77. The van der Waals surface area contributed by atoms with Crippen molar-refractivity contribution in [2.75, 3.05) is 17.3 Å². The molecule has 0 spiro atoms. The highest BCUT2D eigenvalue weighted by molar-refractivity contribution is 7.90. The zero-order valence-corrected chi connectivity index (χ0v) is 13.4. The van der Waals surface area contributed by atoms with Crippen molar-refractivity contribution >= 4 is 32.9 Å². The Bertz CT molecular complexity index is 710. The molecule has 0 atom stereocenters. The summed E-state index contributed by atoms with van der Waals surface area (Å²) in [5.41, 5.74) is 1.83. The number of anilines is 2. The van der Waals surface area contributed by atoms with Crippen molar-refractivity contribution in [2.45, 2.75) is 13.3 Å². The highest BCUT2D eigenvalue weighted by atomic mass is 35.5. The number of nitrogens with one attached hydrogen (secondary N) is 1. The van der Waals surface area contributed by atoms with Crippen molar-refractivity contribution < 1.29 is 8.42 Å². The fraction of sp³-hybridized carbons (Fsp3) is 0.286. The van der Waals surface area contributed by atoms with Crippen LogP contribution in [0.2, 0.25) is 5.15 Å². The molecule has 0 bridgehead atoms. The maximum Gasteiger partial charge on any atom is 0.147 e. The molecule has 21 heavy (non-hydrogen) atoms. The molecule has 0 saturated heterocycles. The topological polar surface area (TPSA) is 72.0 Å². The molecule has 1 aromatic carbocycles. The summed E-state index contributed by atoms with van der Waals surface area (Å²) in [5, 5.41) is 3.52. The predicted octanol–water partition coefficient (Wildman–Crippen LogP) is 2.77. The molecule has 112 valence electrons. The Hall–Kier alpha value is -1.66. The smallest absolute Gasteiger partial charge is 0.147 e. The lowest BCUT2D eigenvalue weighted by molar-refractivity contribution is 0.601. The van der Waals surface area contributed by atoms with E-state index in [2.05, 4.69) is 15.3 Å². The van der Waals surface area contributed by atoms with E-state index < -0.39 is 9.84 Å². The monoisotopic (exact) mass is 325 g/mol. The first-order valence-electron chi connectivity index (χ1n) is 6.37. The van der Waals surface area contributed by atoms with Crippen LogP contribution in [-0.4, -0.2) is 30.4 Å². The van der Waals surface area contributed by atoms with E-state index in [4.69, 9.17) is 11.6 Å². The number of aromatic nitrogens is 2. The van der Waals surface area contributed by atoms with Crippen molar-refractivity contribution in [1.82, 2.24) is 9.97 Å². The first-order valence-corrected chi connectivity index (χ1v) is 8.80. The molecule has 1 heterocycles. The number of halogens is 1. The van der Waals surface area contributed by atoms with Gasteiger partial charge in [0.2, 0.25) is 0 Å². The second-order valence-corrected chi connectivity index (χ2v) is 7.47. The van der Waals surface area contributed by atoms with Crippen LogP contribution in [0.3, 0.4) is 0 Å². The lowest BCUT2D eigenvalue weighted by atomic mass is 10.1. The normalized spacial score (nSPS) is 11.4. The lowest BCUT2D eigenvalue weighted by Gasteiger charge is -2.07. The van der Waals surface area contributed by atoms with E-state index in [1.54, 1.807) is 13.0 Å². The fourth-order valence-electron chi connectivity index (χ4n) is 1.80. The largest absolute Gasteiger partial charge is 0.340 e. The van der Waals surface area contributed by atoms with Gasteiger partial charge in [-0.25, -0.2) is 18.4 Å². The zero-order chi connectivity index (χ0) is 15.5. The molecule has 1 aromatic heterocycles. The SMILES string of the molecule is Cc1nc(Cl)cc(Nc2ccc(CCS(C)(=O)=O)cc2)n1. The summed E-state index contributed by atoms with van der Waals surface area (Å²) in [4.78, 5) is 8.23. The van der Waals surface area contributed by atoms with Gasteiger partial charge >= 0.3 is 0 Å². The van der Waals surface area contributed by atoms with Gasteiger partial charge in [-0.15, -0.1) is 0 Å². The Morgan fingerprint density at radius 1 is 1.19 bits per heavy atom. The van der Waals surface area contributed by atoms with Crippen LogP contribution < -0.4 is 5.32 Å². The third-order valence-electron chi connectivity index (χ3n) is 2.79. The minimum atomic E-state index is -2.94. The molecule has 0 aliphatic heterocycles. The summed E-state index contributed by atoms with van der Waals surface area (Å²) >= 11 is 5.88. The second-order valence-electron chi connectivity index (χ2n) is 4.82. The Kier molecular flexibility index (Phi) is 4.80. The van der Waals surface area contributed by atoms with Gasteiger partial charge in [0, 0.05) is 18.0 Å². The molecule has 0 unspecified atom stereocenters. The van der Waals surface area contributed by atoms with Crippen LogP contribution >= 0.6 is 11.6 Å². The maximum atomic E-state index is 11.1. The van der Waals surface area contributed by atoms with Crippen molar-refractivity contribution in [2.24, 2.45) is 0 Å². The molecule has 2 rings (SSSR count). The van der Waals surface area contributed by atoms with E-state index in [0.29, 0.717) is 23.2 Å². The quantitative estimate of drug-likeness (QED) is 0.856. The maximum absolute atomic E-state index is 11.1. The van der Waals surface area contributed by atoms with Crippen molar-refractivity contribution in [3.8, 4) is 0 Å². The van der Waals surface area contributed by atoms with E-state index in [9.17, 15) is 8.42 Å². The minimum absolute atomic E-state index is 0.153.